The molecular formula is C19H20N2O2S. The van der Waals surface area contributed by atoms with Crippen molar-refractivity contribution in [3.05, 3.63) is 45.6 Å². The third kappa shape index (κ3) is 2.53. The van der Waals surface area contributed by atoms with Gasteiger partial charge in [0.1, 0.15) is 0 Å². The average Bonchev–Trinajstić information content (AvgIpc) is 3.10. The van der Waals surface area contributed by atoms with E-state index >= 15 is 0 Å². The molecule has 4 nitrogen and oxygen atoms in total. The molecule has 1 aromatic carbocycles. The molecule has 0 N–H and O–H groups in total. The lowest BCUT2D eigenvalue weighted by molar-refractivity contribution is -0.116. The number of hydrogen-bond acceptors (Lipinski definition) is 3. The molecule has 24 heavy (non-hydrogen) atoms. The number of hydrogen-bond donors (Lipinski definition) is 0. The molecule has 2 aromatic rings. The zero-order valence-corrected chi connectivity index (χ0v) is 14.6. The summed E-state index contributed by atoms with van der Waals surface area (Å²) in [6.45, 7) is 2.87. The van der Waals surface area contributed by atoms with Crippen LogP contribution in [0, 0.1) is 0 Å². The topological polar surface area (TPSA) is 40.6 Å². The van der Waals surface area contributed by atoms with E-state index in [2.05, 4.69) is 6.07 Å². The number of aryl methyl sites for hydroxylation is 2. The second-order valence-corrected chi connectivity index (χ2v) is 7.52. The van der Waals surface area contributed by atoms with Crippen LogP contribution in [0.5, 0.6) is 0 Å². The summed E-state index contributed by atoms with van der Waals surface area (Å²) in [5.41, 5.74) is 3.01. The van der Waals surface area contributed by atoms with Gasteiger partial charge < -0.3 is 9.80 Å². The fraction of sp³-hybridized carbons (Fsp3) is 0.368. The number of para-hydroxylation sites is 2. The number of carbonyl (C=O) groups excluding carboxylic acids is 2. The van der Waals surface area contributed by atoms with Crippen LogP contribution in [0.1, 0.15) is 39.9 Å². The molecule has 124 valence electrons. The molecule has 0 unspecified atom stereocenters. The van der Waals surface area contributed by atoms with Gasteiger partial charge in [-0.1, -0.05) is 12.1 Å². The molecule has 0 bridgehead atoms. The number of nitrogens with zero attached hydrogens (tertiary/aromatic N) is 2. The summed E-state index contributed by atoms with van der Waals surface area (Å²) in [7, 11) is 0. The van der Waals surface area contributed by atoms with E-state index in [1.165, 1.54) is 16.9 Å². The van der Waals surface area contributed by atoms with Gasteiger partial charge >= 0.3 is 0 Å². The number of anilines is 2. The highest BCUT2D eigenvalue weighted by Gasteiger charge is 2.28. The first-order valence-corrected chi connectivity index (χ1v) is 9.27. The van der Waals surface area contributed by atoms with Gasteiger partial charge in [-0.05, 0) is 49.4 Å². The molecular weight excluding hydrogens is 320 g/mol. The molecule has 0 spiro atoms. The average molecular weight is 340 g/mol. The van der Waals surface area contributed by atoms with E-state index in [9.17, 15) is 9.59 Å². The Morgan fingerprint density at radius 3 is 2.42 bits per heavy atom. The van der Waals surface area contributed by atoms with E-state index in [-0.39, 0.29) is 11.8 Å². The predicted octanol–water partition coefficient (Wildman–Crippen LogP) is 3.64. The van der Waals surface area contributed by atoms with Crippen molar-refractivity contribution in [3.63, 3.8) is 0 Å². The minimum Gasteiger partial charge on any atom is -0.311 e. The minimum absolute atomic E-state index is 0.0202. The Morgan fingerprint density at radius 2 is 1.71 bits per heavy atom. The second kappa shape index (κ2) is 6.06. The van der Waals surface area contributed by atoms with E-state index in [0.29, 0.717) is 13.1 Å². The van der Waals surface area contributed by atoms with E-state index < -0.39 is 0 Å². The van der Waals surface area contributed by atoms with Gasteiger partial charge in [-0.2, -0.15) is 0 Å². The molecule has 2 heterocycles. The Hall–Kier alpha value is -2.14. The van der Waals surface area contributed by atoms with Crippen LogP contribution in [0.4, 0.5) is 11.4 Å². The Kier molecular flexibility index (Phi) is 3.88. The quantitative estimate of drug-likeness (QED) is 0.795. The van der Waals surface area contributed by atoms with Gasteiger partial charge in [0, 0.05) is 24.9 Å². The van der Waals surface area contributed by atoms with Gasteiger partial charge in [-0.15, -0.1) is 11.3 Å². The van der Waals surface area contributed by atoms with Crippen molar-refractivity contribution in [3.8, 4) is 0 Å². The third-order valence-corrected chi connectivity index (χ3v) is 6.03. The van der Waals surface area contributed by atoms with Crippen molar-refractivity contribution in [2.24, 2.45) is 0 Å². The third-order valence-electron chi connectivity index (χ3n) is 4.81. The fourth-order valence-electron chi connectivity index (χ4n) is 3.65. The maximum absolute atomic E-state index is 13.1. The van der Waals surface area contributed by atoms with Crippen LogP contribution in [0.2, 0.25) is 0 Å². The number of rotatable bonds is 1. The van der Waals surface area contributed by atoms with E-state index in [1.807, 2.05) is 29.2 Å². The smallest absolute Gasteiger partial charge is 0.268 e. The maximum Gasteiger partial charge on any atom is 0.268 e. The van der Waals surface area contributed by atoms with Gasteiger partial charge in [0.25, 0.3) is 5.91 Å². The SMILES string of the molecule is CC(=O)N1CCCN(C(=O)c2cc3c(s2)CCC3)c2ccccc21. The largest absolute Gasteiger partial charge is 0.311 e. The highest BCUT2D eigenvalue weighted by Crippen LogP contribution is 2.36. The lowest BCUT2D eigenvalue weighted by atomic mass is 10.2. The highest BCUT2D eigenvalue weighted by atomic mass is 32.1. The first-order valence-electron chi connectivity index (χ1n) is 8.46. The number of carbonyl (C=O) groups is 2. The van der Waals surface area contributed by atoms with Gasteiger partial charge in [0.15, 0.2) is 0 Å². The van der Waals surface area contributed by atoms with Crippen LogP contribution in [0.15, 0.2) is 30.3 Å². The number of amides is 2. The van der Waals surface area contributed by atoms with Gasteiger partial charge in [0.2, 0.25) is 5.91 Å². The summed E-state index contributed by atoms with van der Waals surface area (Å²) in [4.78, 5) is 30.9. The first-order chi connectivity index (χ1) is 11.6. The summed E-state index contributed by atoms with van der Waals surface area (Å²) in [6.07, 6.45) is 4.18. The van der Waals surface area contributed by atoms with E-state index in [0.717, 1.165) is 35.5 Å². The van der Waals surface area contributed by atoms with Gasteiger partial charge in [0.05, 0.1) is 16.3 Å². The van der Waals surface area contributed by atoms with Crippen molar-refractivity contribution >= 4 is 34.5 Å². The molecule has 0 saturated heterocycles. The number of thiophene rings is 1. The molecule has 2 amide bonds. The molecule has 2 aliphatic rings. The van der Waals surface area contributed by atoms with Crippen molar-refractivity contribution in [1.29, 1.82) is 0 Å². The van der Waals surface area contributed by atoms with Crippen molar-refractivity contribution in [2.45, 2.75) is 32.6 Å². The number of fused-ring (bicyclic) bond motifs is 2. The summed E-state index contributed by atoms with van der Waals surface area (Å²) in [5.74, 6) is 0.0825. The molecule has 1 aliphatic carbocycles. The molecule has 4 rings (SSSR count). The Labute approximate surface area is 145 Å². The molecule has 0 fully saturated rings. The lowest BCUT2D eigenvalue weighted by Crippen LogP contribution is -2.30. The predicted molar refractivity (Wildman–Crippen MR) is 97.1 cm³/mol. The molecule has 1 aliphatic heterocycles. The monoisotopic (exact) mass is 340 g/mol. The Morgan fingerprint density at radius 1 is 1.00 bits per heavy atom. The van der Waals surface area contributed by atoms with Gasteiger partial charge in [-0.3, -0.25) is 9.59 Å². The summed E-state index contributed by atoms with van der Waals surface area (Å²) in [5, 5.41) is 0. The lowest BCUT2D eigenvalue weighted by Gasteiger charge is -2.24. The zero-order chi connectivity index (χ0) is 16.7. The highest BCUT2D eigenvalue weighted by molar-refractivity contribution is 7.14. The second-order valence-electron chi connectivity index (χ2n) is 6.38. The molecule has 1 aromatic heterocycles. The normalized spacial score (nSPS) is 16.5. The zero-order valence-electron chi connectivity index (χ0n) is 13.7. The Bertz CT molecular complexity index is 790. The van der Waals surface area contributed by atoms with Crippen LogP contribution in [-0.4, -0.2) is 24.9 Å². The van der Waals surface area contributed by atoms with Crippen molar-refractivity contribution in [2.75, 3.05) is 22.9 Å². The van der Waals surface area contributed by atoms with Crippen molar-refractivity contribution in [1.82, 2.24) is 0 Å². The van der Waals surface area contributed by atoms with E-state index in [4.69, 9.17) is 0 Å². The van der Waals surface area contributed by atoms with Crippen LogP contribution < -0.4 is 9.80 Å². The van der Waals surface area contributed by atoms with E-state index in [1.54, 1.807) is 23.2 Å². The molecule has 0 atom stereocenters. The van der Waals surface area contributed by atoms with Crippen LogP contribution in [0.25, 0.3) is 0 Å². The van der Waals surface area contributed by atoms with Gasteiger partial charge in [-0.25, -0.2) is 0 Å². The summed E-state index contributed by atoms with van der Waals surface area (Å²) in [6, 6.07) is 9.79. The minimum atomic E-state index is 0.0202. The standard InChI is InChI=1S/C19H20N2O2S/c1-13(22)20-10-5-11-21(16-8-3-2-7-15(16)20)19(23)18-12-14-6-4-9-17(14)24-18/h2-3,7-8,12H,4-6,9-11H2,1H3. The van der Waals surface area contributed by atoms with Crippen LogP contribution >= 0.6 is 11.3 Å². The summed E-state index contributed by atoms with van der Waals surface area (Å²) >= 11 is 1.64. The van der Waals surface area contributed by atoms with Crippen LogP contribution in [-0.2, 0) is 17.6 Å². The molecule has 0 saturated carbocycles. The molecule has 0 radical (unpaired) electrons. The summed E-state index contributed by atoms with van der Waals surface area (Å²) < 4.78 is 0. The Balaban J connectivity index is 1.72. The van der Waals surface area contributed by atoms with Crippen molar-refractivity contribution < 1.29 is 9.59 Å². The first kappa shape index (κ1) is 15.4. The fourth-order valence-corrected chi connectivity index (χ4v) is 4.86. The van der Waals surface area contributed by atoms with Crippen LogP contribution in [0.3, 0.4) is 0 Å². The maximum atomic E-state index is 13.1. The molecule has 5 heteroatoms. The number of benzene rings is 1.